The van der Waals surface area contributed by atoms with E-state index in [-0.39, 0.29) is 11.5 Å². The first-order valence-electron chi connectivity index (χ1n) is 10.9. The summed E-state index contributed by atoms with van der Waals surface area (Å²) in [5, 5.41) is 6.08. The van der Waals surface area contributed by atoms with Crippen LogP contribution in [-0.2, 0) is 6.42 Å². The summed E-state index contributed by atoms with van der Waals surface area (Å²) in [4.78, 5) is 35.5. The van der Waals surface area contributed by atoms with E-state index in [2.05, 4.69) is 37.9 Å². The highest BCUT2D eigenvalue weighted by molar-refractivity contribution is 9.10. The van der Waals surface area contributed by atoms with Gasteiger partial charge < -0.3 is 4.98 Å². The number of rotatable bonds is 2. The Morgan fingerprint density at radius 1 is 1.19 bits per heavy atom. The van der Waals surface area contributed by atoms with E-state index >= 15 is 0 Å². The Labute approximate surface area is 192 Å². The first-order chi connectivity index (χ1) is 15.4. The van der Waals surface area contributed by atoms with Crippen molar-refractivity contribution in [3.8, 4) is 0 Å². The van der Waals surface area contributed by atoms with Gasteiger partial charge in [-0.1, -0.05) is 6.92 Å². The number of aromatic amines is 1. The first kappa shape index (κ1) is 19.7. The number of carbonyl (C=O) groups is 1. The molecule has 1 amide bonds. The molecule has 0 saturated heterocycles. The second kappa shape index (κ2) is 7.00. The fourth-order valence-electron chi connectivity index (χ4n) is 5.14. The van der Waals surface area contributed by atoms with E-state index in [0.717, 1.165) is 45.8 Å². The highest BCUT2D eigenvalue weighted by atomic mass is 79.9. The molecular formula is C24H22BrN5O2. The van der Waals surface area contributed by atoms with Gasteiger partial charge in [0.1, 0.15) is 5.82 Å². The van der Waals surface area contributed by atoms with Crippen molar-refractivity contribution in [1.29, 1.82) is 0 Å². The Bertz CT molecular complexity index is 1480. The minimum atomic E-state index is -0.175. The second-order valence-electron chi connectivity index (χ2n) is 9.09. The molecule has 1 saturated carbocycles. The average Bonchev–Trinajstić information content (AvgIpc) is 3.36. The van der Waals surface area contributed by atoms with Gasteiger partial charge >= 0.3 is 0 Å². The fraction of sp³-hybridized carbons (Fsp3) is 0.333. The highest BCUT2D eigenvalue weighted by Gasteiger charge is 2.31. The maximum absolute atomic E-state index is 13.5. The number of aryl methyl sites for hydroxylation is 1. The molecule has 0 spiro atoms. The molecule has 4 aromatic rings. The number of benzene rings is 1. The molecule has 0 unspecified atom stereocenters. The van der Waals surface area contributed by atoms with Crippen molar-refractivity contribution in [2.24, 2.45) is 5.92 Å². The lowest BCUT2D eigenvalue weighted by molar-refractivity contribution is 0.0988. The molecule has 1 aliphatic carbocycles. The number of hydrogen-bond donors (Lipinski definition) is 1. The van der Waals surface area contributed by atoms with Crippen LogP contribution in [0.3, 0.4) is 0 Å². The van der Waals surface area contributed by atoms with Gasteiger partial charge in [-0.15, -0.1) is 0 Å². The minimum absolute atomic E-state index is 0.0970. The zero-order valence-corrected chi connectivity index (χ0v) is 19.4. The zero-order chi connectivity index (χ0) is 22.1. The molecule has 162 valence electrons. The standard InChI is InChI=1S/C24H22BrN5O2/c1-12-5-16(6-12)30-21-18-7-13(2)17(9-20(18)28-23(31)19(21)11-27-30)24(32)29-4-3-14-8-15(25)10-26-22(14)29/h7-12,16H,3-6H2,1-2H3,(H,28,31). The Kier molecular flexibility index (Phi) is 4.30. The summed E-state index contributed by atoms with van der Waals surface area (Å²) in [5.74, 6) is 1.29. The Morgan fingerprint density at radius 3 is 2.78 bits per heavy atom. The third kappa shape index (κ3) is 2.85. The fourth-order valence-corrected chi connectivity index (χ4v) is 5.52. The lowest BCUT2D eigenvalue weighted by atomic mass is 9.82. The SMILES string of the molecule is Cc1cc2c(cc1C(=O)N1CCc3cc(Br)cnc31)[nH]c(=O)c1cnn(C3CC(C)C3)c12. The van der Waals surface area contributed by atoms with Crippen LogP contribution in [0.1, 0.15) is 47.3 Å². The number of aromatic nitrogens is 4. The van der Waals surface area contributed by atoms with E-state index in [0.29, 0.717) is 40.8 Å². The average molecular weight is 492 g/mol. The number of fused-ring (bicyclic) bond motifs is 4. The number of halogens is 1. The molecule has 0 atom stereocenters. The van der Waals surface area contributed by atoms with Gasteiger partial charge in [0, 0.05) is 28.2 Å². The molecule has 7 nitrogen and oxygen atoms in total. The molecule has 1 fully saturated rings. The summed E-state index contributed by atoms with van der Waals surface area (Å²) in [7, 11) is 0. The summed E-state index contributed by atoms with van der Waals surface area (Å²) in [6.45, 7) is 4.78. The van der Waals surface area contributed by atoms with Crippen LogP contribution in [0, 0.1) is 12.8 Å². The van der Waals surface area contributed by atoms with Crippen molar-refractivity contribution < 1.29 is 4.79 Å². The third-order valence-corrected chi connectivity index (χ3v) is 7.28. The normalized spacial score (nSPS) is 20.0. The first-order valence-corrected chi connectivity index (χ1v) is 11.7. The van der Waals surface area contributed by atoms with Crippen LogP contribution in [0.25, 0.3) is 21.8 Å². The van der Waals surface area contributed by atoms with Crippen molar-refractivity contribution in [3.63, 3.8) is 0 Å². The van der Waals surface area contributed by atoms with Crippen LogP contribution in [0.5, 0.6) is 0 Å². The van der Waals surface area contributed by atoms with Crippen LogP contribution in [-0.4, -0.2) is 32.2 Å². The van der Waals surface area contributed by atoms with E-state index in [1.165, 1.54) is 0 Å². The molecule has 0 radical (unpaired) electrons. The van der Waals surface area contributed by atoms with Crippen molar-refractivity contribution in [3.05, 3.63) is 62.1 Å². The number of pyridine rings is 2. The molecule has 1 aromatic carbocycles. The molecule has 8 heteroatoms. The van der Waals surface area contributed by atoms with Gasteiger partial charge in [0.2, 0.25) is 0 Å². The van der Waals surface area contributed by atoms with Gasteiger partial charge in [0.15, 0.2) is 0 Å². The minimum Gasteiger partial charge on any atom is -0.321 e. The monoisotopic (exact) mass is 491 g/mol. The maximum atomic E-state index is 13.5. The molecule has 1 N–H and O–H groups in total. The highest BCUT2D eigenvalue weighted by Crippen LogP contribution is 2.39. The quantitative estimate of drug-likeness (QED) is 0.446. The number of nitrogens with zero attached hydrogens (tertiary/aromatic N) is 4. The number of carbonyl (C=O) groups excluding carboxylic acids is 1. The number of anilines is 1. The van der Waals surface area contributed by atoms with Gasteiger partial charge in [-0.25, -0.2) is 4.98 Å². The van der Waals surface area contributed by atoms with Crippen molar-refractivity contribution in [2.75, 3.05) is 11.4 Å². The number of hydrogen-bond acceptors (Lipinski definition) is 4. The van der Waals surface area contributed by atoms with E-state index in [1.54, 1.807) is 17.3 Å². The Hall–Kier alpha value is -3.00. The van der Waals surface area contributed by atoms with Gasteiger partial charge in [-0.3, -0.25) is 19.2 Å². The topological polar surface area (TPSA) is 83.9 Å². The summed E-state index contributed by atoms with van der Waals surface area (Å²) in [6.07, 6.45) is 6.29. The molecule has 0 bridgehead atoms. The largest absolute Gasteiger partial charge is 0.321 e. The third-order valence-electron chi connectivity index (χ3n) is 6.85. The van der Waals surface area contributed by atoms with Crippen LogP contribution < -0.4 is 10.5 Å². The van der Waals surface area contributed by atoms with E-state index in [1.807, 2.05) is 29.8 Å². The zero-order valence-electron chi connectivity index (χ0n) is 17.9. The van der Waals surface area contributed by atoms with Crippen molar-refractivity contribution in [2.45, 2.75) is 39.2 Å². The molecule has 1 aliphatic heterocycles. The summed E-state index contributed by atoms with van der Waals surface area (Å²) < 4.78 is 2.92. The molecule has 3 aromatic heterocycles. The van der Waals surface area contributed by atoms with Gasteiger partial charge in [-0.05, 0) is 77.4 Å². The van der Waals surface area contributed by atoms with E-state index in [4.69, 9.17) is 0 Å². The van der Waals surface area contributed by atoms with Crippen LogP contribution in [0.2, 0.25) is 0 Å². The predicted molar refractivity (Wildman–Crippen MR) is 127 cm³/mol. The Morgan fingerprint density at radius 2 is 2.00 bits per heavy atom. The van der Waals surface area contributed by atoms with Crippen LogP contribution >= 0.6 is 15.9 Å². The summed E-state index contributed by atoms with van der Waals surface area (Å²) in [6, 6.07) is 6.15. The molecular weight excluding hydrogens is 470 g/mol. The van der Waals surface area contributed by atoms with Gasteiger partial charge in [-0.2, -0.15) is 5.10 Å². The summed E-state index contributed by atoms with van der Waals surface area (Å²) >= 11 is 3.45. The molecule has 32 heavy (non-hydrogen) atoms. The van der Waals surface area contributed by atoms with Gasteiger partial charge in [0.05, 0.1) is 28.7 Å². The predicted octanol–water partition coefficient (Wildman–Crippen LogP) is 4.52. The van der Waals surface area contributed by atoms with Crippen LogP contribution in [0.15, 0.2) is 39.9 Å². The second-order valence-corrected chi connectivity index (χ2v) is 10.0. The van der Waals surface area contributed by atoms with Crippen molar-refractivity contribution in [1.82, 2.24) is 19.7 Å². The number of amides is 1. The molecule has 6 rings (SSSR count). The lowest BCUT2D eigenvalue weighted by Crippen LogP contribution is -2.30. The summed E-state index contributed by atoms with van der Waals surface area (Å²) in [5.41, 5.74) is 3.85. The van der Waals surface area contributed by atoms with E-state index in [9.17, 15) is 9.59 Å². The maximum Gasteiger partial charge on any atom is 0.259 e. The van der Waals surface area contributed by atoms with E-state index < -0.39 is 0 Å². The number of H-pyrrole nitrogens is 1. The lowest BCUT2D eigenvalue weighted by Gasteiger charge is -2.33. The van der Waals surface area contributed by atoms with Crippen molar-refractivity contribution >= 4 is 49.5 Å². The Balaban J connectivity index is 1.48. The van der Waals surface area contributed by atoms with Gasteiger partial charge in [0.25, 0.3) is 11.5 Å². The van der Waals surface area contributed by atoms with Crippen LogP contribution in [0.4, 0.5) is 5.82 Å². The molecule has 4 heterocycles. The molecule has 2 aliphatic rings. The number of nitrogens with one attached hydrogen (secondary N) is 1. The smallest absolute Gasteiger partial charge is 0.259 e.